The molecule has 0 spiro atoms. The molecule has 33 heavy (non-hydrogen) atoms. The van der Waals surface area contributed by atoms with E-state index >= 15 is 0 Å². The summed E-state index contributed by atoms with van der Waals surface area (Å²) < 4.78 is 4.31. The van der Waals surface area contributed by atoms with Crippen molar-refractivity contribution in [2.45, 2.75) is 34.2 Å². The normalized spacial score (nSPS) is 11.4. The van der Waals surface area contributed by atoms with Crippen molar-refractivity contribution in [3.05, 3.63) is 87.6 Å². The van der Waals surface area contributed by atoms with E-state index in [1.807, 2.05) is 44.2 Å². The first-order valence-electron chi connectivity index (χ1n) is 10.7. The van der Waals surface area contributed by atoms with Crippen LogP contribution in [0.3, 0.4) is 0 Å². The molecule has 3 heterocycles. The first-order chi connectivity index (χ1) is 15.8. The number of hydrogen-bond acceptors (Lipinski definition) is 4. The Kier molecular flexibility index (Phi) is 4.85. The quantitative estimate of drug-likeness (QED) is 0.462. The first-order valence-corrected chi connectivity index (χ1v) is 10.7. The Morgan fingerprint density at radius 1 is 0.909 bits per heavy atom. The number of nitrogens with zero attached hydrogens (tertiary/aromatic N) is 5. The van der Waals surface area contributed by atoms with Crippen LogP contribution in [0.1, 0.15) is 22.3 Å². The molecule has 0 aliphatic heterocycles. The van der Waals surface area contributed by atoms with Gasteiger partial charge in [0.2, 0.25) is 5.91 Å². The second-order valence-corrected chi connectivity index (χ2v) is 8.51. The summed E-state index contributed by atoms with van der Waals surface area (Å²) in [6, 6.07) is 13.9. The summed E-state index contributed by atoms with van der Waals surface area (Å²) in [4.78, 5) is 25.5. The Hall–Kier alpha value is -4.20. The molecule has 0 saturated carbocycles. The number of rotatable bonds is 4. The van der Waals surface area contributed by atoms with Crippen LogP contribution in [0.4, 0.5) is 5.69 Å². The fourth-order valence-electron chi connectivity index (χ4n) is 4.06. The molecule has 0 radical (unpaired) electrons. The number of aromatic nitrogens is 5. The lowest BCUT2D eigenvalue weighted by Gasteiger charge is -2.07. The van der Waals surface area contributed by atoms with Crippen LogP contribution < -0.4 is 11.0 Å². The third-order valence-electron chi connectivity index (χ3n) is 5.79. The van der Waals surface area contributed by atoms with E-state index in [0.29, 0.717) is 16.9 Å². The van der Waals surface area contributed by atoms with Crippen LogP contribution in [-0.4, -0.2) is 29.7 Å². The molecule has 0 saturated heterocycles. The molecule has 1 amide bonds. The second-order valence-electron chi connectivity index (χ2n) is 8.51. The van der Waals surface area contributed by atoms with E-state index in [9.17, 15) is 9.59 Å². The number of aryl methyl sites for hydroxylation is 4. The van der Waals surface area contributed by atoms with Crippen molar-refractivity contribution < 1.29 is 4.79 Å². The topological polar surface area (TPSA) is 85.7 Å². The van der Waals surface area contributed by atoms with Crippen molar-refractivity contribution in [1.82, 2.24) is 23.8 Å². The van der Waals surface area contributed by atoms with Crippen molar-refractivity contribution in [2.24, 2.45) is 0 Å². The number of benzene rings is 2. The molecule has 0 aliphatic rings. The highest BCUT2D eigenvalue weighted by molar-refractivity contribution is 5.90. The van der Waals surface area contributed by atoms with E-state index in [1.54, 1.807) is 16.9 Å². The van der Waals surface area contributed by atoms with Gasteiger partial charge < -0.3 is 5.32 Å². The predicted octanol–water partition coefficient (Wildman–Crippen LogP) is 3.68. The van der Waals surface area contributed by atoms with E-state index in [0.717, 1.165) is 22.4 Å². The molecule has 0 aliphatic carbocycles. The molecule has 166 valence electrons. The van der Waals surface area contributed by atoms with E-state index in [-0.39, 0.29) is 18.1 Å². The summed E-state index contributed by atoms with van der Waals surface area (Å²) in [6.07, 6.45) is 3.34. The smallest absolute Gasteiger partial charge is 0.324 e. The van der Waals surface area contributed by atoms with Crippen LogP contribution in [0.15, 0.2) is 59.7 Å². The summed E-state index contributed by atoms with van der Waals surface area (Å²) in [5.41, 5.74) is 7.76. The highest BCUT2D eigenvalue weighted by atomic mass is 16.2. The van der Waals surface area contributed by atoms with E-state index in [1.165, 1.54) is 20.2 Å². The number of hydrogen-bond donors (Lipinski definition) is 1. The number of amides is 1. The van der Waals surface area contributed by atoms with Gasteiger partial charge in [0.25, 0.3) is 0 Å². The van der Waals surface area contributed by atoms with E-state index < -0.39 is 0 Å². The fraction of sp³-hybridized carbons (Fsp3) is 0.200. The third-order valence-corrected chi connectivity index (χ3v) is 5.79. The van der Waals surface area contributed by atoms with Gasteiger partial charge in [-0.05, 0) is 74.2 Å². The molecule has 0 atom stereocenters. The molecule has 0 bridgehead atoms. The zero-order valence-corrected chi connectivity index (χ0v) is 19.0. The lowest BCUT2D eigenvalue weighted by Crippen LogP contribution is -2.28. The molecule has 0 unspecified atom stereocenters. The van der Waals surface area contributed by atoms with Crippen LogP contribution in [-0.2, 0) is 11.3 Å². The maximum absolute atomic E-state index is 12.9. The lowest BCUT2D eigenvalue weighted by molar-refractivity contribution is -0.117. The van der Waals surface area contributed by atoms with Gasteiger partial charge >= 0.3 is 5.69 Å². The van der Waals surface area contributed by atoms with Gasteiger partial charge in [0, 0.05) is 23.6 Å². The Labute approximate surface area is 190 Å². The van der Waals surface area contributed by atoms with Crippen molar-refractivity contribution in [3.8, 4) is 11.3 Å². The number of carbonyl (C=O) groups is 1. The van der Waals surface area contributed by atoms with E-state index in [2.05, 4.69) is 41.5 Å². The molecule has 8 nitrogen and oxygen atoms in total. The van der Waals surface area contributed by atoms with Gasteiger partial charge in [-0.2, -0.15) is 5.10 Å². The molecule has 0 fully saturated rings. The maximum Gasteiger partial charge on any atom is 0.350 e. The minimum atomic E-state index is -0.378. The van der Waals surface area contributed by atoms with E-state index in [4.69, 9.17) is 0 Å². The number of fused-ring (bicyclic) bond motifs is 3. The molecular formula is C25H24N6O2. The van der Waals surface area contributed by atoms with Crippen LogP contribution in [0.5, 0.6) is 0 Å². The summed E-state index contributed by atoms with van der Waals surface area (Å²) in [7, 11) is 0. The van der Waals surface area contributed by atoms with Crippen LogP contribution in [0.2, 0.25) is 0 Å². The summed E-state index contributed by atoms with van der Waals surface area (Å²) in [6.45, 7) is 7.90. The van der Waals surface area contributed by atoms with Crippen LogP contribution >= 0.6 is 0 Å². The SMILES string of the molecule is Cc1cc(C)cc(NC(=O)Cn2nc3c4cc(-c5ccc(C)c(C)c5)nn4ccn3c2=O)c1. The molecular weight excluding hydrogens is 416 g/mol. The van der Waals surface area contributed by atoms with Gasteiger partial charge in [-0.25, -0.2) is 18.4 Å². The minimum Gasteiger partial charge on any atom is -0.324 e. The van der Waals surface area contributed by atoms with Crippen LogP contribution in [0.25, 0.3) is 22.4 Å². The van der Waals surface area contributed by atoms with Crippen molar-refractivity contribution >= 4 is 22.8 Å². The van der Waals surface area contributed by atoms with Gasteiger partial charge in [0.15, 0.2) is 5.65 Å². The predicted molar refractivity (Wildman–Crippen MR) is 128 cm³/mol. The molecule has 8 heteroatoms. The molecule has 1 N–H and O–H groups in total. The summed E-state index contributed by atoms with van der Waals surface area (Å²) in [5, 5.41) is 11.9. The van der Waals surface area contributed by atoms with Crippen molar-refractivity contribution in [2.75, 3.05) is 5.32 Å². The minimum absolute atomic E-state index is 0.183. The molecule has 2 aromatic carbocycles. The largest absolute Gasteiger partial charge is 0.350 e. The average Bonchev–Trinajstić information content (AvgIpc) is 3.31. The standard InChI is InChI=1S/C25H24N6O2/c1-15-9-16(2)11-20(10-15)26-23(32)14-31-25(33)29-7-8-30-22(24(29)28-31)13-21(27-30)19-6-5-17(3)18(4)12-19/h5-13H,14H2,1-4H3,(H,26,32). The van der Waals surface area contributed by atoms with Gasteiger partial charge in [-0.3, -0.25) is 4.79 Å². The van der Waals surface area contributed by atoms with Crippen molar-refractivity contribution in [3.63, 3.8) is 0 Å². The summed E-state index contributed by atoms with van der Waals surface area (Å²) >= 11 is 0. The van der Waals surface area contributed by atoms with Crippen LogP contribution in [0, 0.1) is 27.7 Å². The fourth-order valence-corrected chi connectivity index (χ4v) is 4.06. The number of carbonyl (C=O) groups excluding carboxylic acids is 1. The Morgan fingerprint density at radius 3 is 2.39 bits per heavy atom. The summed E-state index contributed by atoms with van der Waals surface area (Å²) in [5.74, 6) is -0.314. The monoisotopic (exact) mass is 440 g/mol. The highest BCUT2D eigenvalue weighted by Gasteiger charge is 2.16. The average molecular weight is 441 g/mol. The molecule has 5 rings (SSSR count). The highest BCUT2D eigenvalue weighted by Crippen LogP contribution is 2.23. The first kappa shape index (κ1) is 20.7. The lowest BCUT2D eigenvalue weighted by atomic mass is 10.0. The van der Waals surface area contributed by atoms with Gasteiger partial charge in [-0.1, -0.05) is 18.2 Å². The third kappa shape index (κ3) is 3.80. The second kappa shape index (κ2) is 7.74. The molecule has 3 aromatic heterocycles. The maximum atomic E-state index is 12.9. The molecule has 5 aromatic rings. The zero-order chi connectivity index (χ0) is 23.3. The van der Waals surface area contributed by atoms with Gasteiger partial charge in [0.05, 0.1) is 5.69 Å². The van der Waals surface area contributed by atoms with Crippen molar-refractivity contribution in [1.29, 1.82) is 0 Å². The Balaban J connectivity index is 1.49. The number of anilines is 1. The van der Waals surface area contributed by atoms with Gasteiger partial charge in [-0.15, -0.1) is 5.10 Å². The van der Waals surface area contributed by atoms with Gasteiger partial charge in [0.1, 0.15) is 12.1 Å². The Morgan fingerprint density at radius 2 is 1.67 bits per heavy atom. The Bertz CT molecular complexity index is 1580. The number of nitrogens with one attached hydrogen (secondary N) is 1. The zero-order valence-electron chi connectivity index (χ0n) is 19.0.